The summed E-state index contributed by atoms with van der Waals surface area (Å²) in [6, 6.07) is 3.39. The van der Waals surface area contributed by atoms with Gasteiger partial charge >= 0.3 is 0 Å². The molecule has 1 aliphatic rings. The maximum Gasteiger partial charge on any atom is 0.126 e. The van der Waals surface area contributed by atoms with E-state index >= 15 is 0 Å². The molecule has 3 heteroatoms. The third-order valence-electron chi connectivity index (χ3n) is 5.42. The van der Waals surface area contributed by atoms with E-state index in [4.69, 9.17) is 0 Å². The van der Waals surface area contributed by atoms with E-state index in [1.54, 1.807) is 13.8 Å². The van der Waals surface area contributed by atoms with Gasteiger partial charge in [0.25, 0.3) is 0 Å². The molecule has 0 radical (unpaired) electrons. The zero-order valence-corrected chi connectivity index (χ0v) is 13.7. The number of aryl methyl sites for hydroxylation is 1. The average Bonchev–Trinajstić information content (AvgIpc) is 2.49. The standard InChI is InChI=1S/C18H28FNO/c1-5-18(6-2)7-9-20(10-8-18)17-11-13(3)16(19)12-15(17)14(4)21/h11-12,14,21H,5-10H2,1-4H3. The Labute approximate surface area is 128 Å². The summed E-state index contributed by atoms with van der Waals surface area (Å²) in [5.74, 6) is -0.233. The van der Waals surface area contributed by atoms with Crippen LogP contribution in [-0.2, 0) is 0 Å². The molecule has 1 fully saturated rings. The molecular formula is C18H28FNO. The summed E-state index contributed by atoms with van der Waals surface area (Å²) in [7, 11) is 0. The fraction of sp³-hybridized carbons (Fsp3) is 0.667. The van der Waals surface area contributed by atoms with Crippen molar-refractivity contribution in [2.24, 2.45) is 5.41 Å². The smallest absolute Gasteiger partial charge is 0.126 e. The molecular weight excluding hydrogens is 265 g/mol. The molecule has 0 bridgehead atoms. The zero-order chi connectivity index (χ0) is 15.6. The second kappa shape index (κ2) is 6.35. The maximum absolute atomic E-state index is 13.8. The summed E-state index contributed by atoms with van der Waals surface area (Å²) in [4.78, 5) is 2.32. The molecule has 1 aromatic carbocycles. The molecule has 2 rings (SSSR count). The first-order valence-corrected chi connectivity index (χ1v) is 8.15. The minimum Gasteiger partial charge on any atom is -0.389 e. The van der Waals surface area contributed by atoms with Crippen molar-refractivity contribution in [3.05, 3.63) is 29.1 Å². The lowest BCUT2D eigenvalue weighted by atomic mass is 9.74. The molecule has 0 aromatic heterocycles. The van der Waals surface area contributed by atoms with Crippen molar-refractivity contribution < 1.29 is 9.50 Å². The van der Waals surface area contributed by atoms with Gasteiger partial charge in [-0.05, 0) is 49.8 Å². The van der Waals surface area contributed by atoms with Gasteiger partial charge in [-0.15, -0.1) is 0 Å². The number of halogens is 1. The number of benzene rings is 1. The minimum atomic E-state index is -0.640. The van der Waals surface area contributed by atoms with Crippen LogP contribution in [0.25, 0.3) is 0 Å². The van der Waals surface area contributed by atoms with Crippen LogP contribution in [0.3, 0.4) is 0 Å². The third-order valence-corrected chi connectivity index (χ3v) is 5.42. The summed E-state index contributed by atoms with van der Waals surface area (Å²) in [5.41, 5.74) is 2.83. The number of anilines is 1. The highest BCUT2D eigenvalue weighted by Crippen LogP contribution is 2.40. The third kappa shape index (κ3) is 3.23. The fourth-order valence-electron chi connectivity index (χ4n) is 3.47. The van der Waals surface area contributed by atoms with Crippen LogP contribution in [0, 0.1) is 18.2 Å². The fourth-order valence-corrected chi connectivity index (χ4v) is 3.47. The normalized spacial score (nSPS) is 19.6. The van der Waals surface area contributed by atoms with E-state index < -0.39 is 6.10 Å². The van der Waals surface area contributed by atoms with Gasteiger partial charge in [0.1, 0.15) is 5.82 Å². The Bertz CT molecular complexity index is 484. The van der Waals surface area contributed by atoms with E-state index in [-0.39, 0.29) is 5.82 Å². The number of aliphatic hydroxyl groups excluding tert-OH is 1. The van der Waals surface area contributed by atoms with Crippen molar-refractivity contribution in [2.45, 2.75) is 59.5 Å². The highest BCUT2D eigenvalue weighted by molar-refractivity contribution is 5.57. The van der Waals surface area contributed by atoms with Gasteiger partial charge in [-0.1, -0.05) is 26.7 Å². The predicted octanol–water partition coefficient (Wildman–Crippen LogP) is 4.59. The molecule has 21 heavy (non-hydrogen) atoms. The van der Waals surface area contributed by atoms with Gasteiger partial charge in [-0.25, -0.2) is 4.39 Å². The van der Waals surface area contributed by atoms with Crippen molar-refractivity contribution in [2.75, 3.05) is 18.0 Å². The Morgan fingerprint density at radius 1 is 1.24 bits per heavy atom. The molecule has 1 heterocycles. The van der Waals surface area contributed by atoms with Gasteiger partial charge < -0.3 is 10.0 Å². The van der Waals surface area contributed by atoms with Crippen molar-refractivity contribution in [3.8, 4) is 0 Å². The Kier molecular flexibility index (Phi) is 4.92. The first kappa shape index (κ1) is 16.3. The number of nitrogens with zero attached hydrogens (tertiary/aromatic N) is 1. The molecule has 0 amide bonds. The van der Waals surface area contributed by atoms with Crippen LogP contribution in [0.2, 0.25) is 0 Å². The van der Waals surface area contributed by atoms with Gasteiger partial charge in [0, 0.05) is 24.3 Å². The monoisotopic (exact) mass is 293 g/mol. The molecule has 1 aliphatic heterocycles. The SMILES string of the molecule is CCC1(CC)CCN(c2cc(C)c(F)cc2C(C)O)CC1. The first-order valence-electron chi connectivity index (χ1n) is 8.15. The van der Waals surface area contributed by atoms with Crippen LogP contribution in [0.5, 0.6) is 0 Å². The minimum absolute atomic E-state index is 0.233. The molecule has 0 aliphatic carbocycles. The van der Waals surface area contributed by atoms with Gasteiger partial charge in [0.05, 0.1) is 6.10 Å². The average molecular weight is 293 g/mol. The van der Waals surface area contributed by atoms with Crippen LogP contribution in [-0.4, -0.2) is 18.2 Å². The molecule has 1 saturated heterocycles. The lowest BCUT2D eigenvalue weighted by Gasteiger charge is -2.42. The maximum atomic E-state index is 13.8. The quantitative estimate of drug-likeness (QED) is 0.877. The van der Waals surface area contributed by atoms with Crippen molar-refractivity contribution in [1.82, 2.24) is 0 Å². The number of hydrogen-bond acceptors (Lipinski definition) is 2. The van der Waals surface area contributed by atoms with E-state index in [9.17, 15) is 9.50 Å². The van der Waals surface area contributed by atoms with Gasteiger partial charge in [0.2, 0.25) is 0 Å². The van der Waals surface area contributed by atoms with Gasteiger partial charge in [0.15, 0.2) is 0 Å². The lowest BCUT2D eigenvalue weighted by Crippen LogP contribution is -2.40. The predicted molar refractivity (Wildman–Crippen MR) is 86.2 cm³/mol. The van der Waals surface area contributed by atoms with E-state index in [1.165, 1.54) is 31.7 Å². The Hall–Kier alpha value is -1.09. The highest BCUT2D eigenvalue weighted by atomic mass is 19.1. The number of rotatable bonds is 4. The molecule has 2 nitrogen and oxygen atoms in total. The highest BCUT2D eigenvalue weighted by Gasteiger charge is 2.32. The summed E-state index contributed by atoms with van der Waals surface area (Å²) < 4.78 is 13.8. The summed E-state index contributed by atoms with van der Waals surface area (Å²) in [6.45, 7) is 10.0. The molecule has 1 atom stereocenters. The van der Waals surface area contributed by atoms with Crippen molar-refractivity contribution in [3.63, 3.8) is 0 Å². The second-order valence-corrected chi connectivity index (χ2v) is 6.53. The first-order chi connectivity index (χ1) is 9.92. The van der Waals surface area contributed by atoms with Crippen LogP contribution < -0.4 is 4.90 Å². The van der Waals surface area contributed by atoms with E-state index in [0.29, 0.717) is 16.5 Å². The summed E-state index contributed by atoms with van der Waals surface area (Å²) >= 11 is 0. The Morgan fingerprint density at radius 3 is 2.29 bits per heavy atom. The molecule has 118 valence electrons. The van der Waals surface area contributed by atoms with Crippen LogP contribution >= 0.6 is 0 Å². The number of piperidine rings is 1. The van der Waals surface area contributed by atoms with Crippen LogP contribution in [0.4, 0.5) is 10.1 Å². The molecule has 1 aromatic rings. The topological polar surface area (TPSA) is 23.5 Å². The molecule has 0 saturated carbocycles. The number of aliphatic hydroxyl groups is 1. The summed E-state index contributed by atoms with van der Waals surface area (Å²) in [5, 5.41) is 9.95. The Balaban J connectivity index is 2.26. The Morgan fingerprint density at radius 2 is 1.81 bits per heavy atom. The van der Waals surface area contributed by atoms with Crippen molar-refractivity contribution >= 4 is 5.69 Å². The van der Waals surface area contributed by atoms with Crippen LogP contribution in [0.15, 0.2) is 12.1 Å². The largest absolute Gasteiger partial charge is 0.389 e. The van der Waals surface area contributed by atoms with E-state index in [1.807, 2.05) is 6.07 Å². The molecule has 0 spiro atoms. The second-order valence-electron chi connectivity index (χ2n) is 6.53. The molecule has 1 unspecified atom stereocenters. The van der Waals surface area contributed by atoms with Gasteiger partial charge in [-0.2, -0.15) is 0 Å². The zero-order valence-electron chi connectivity index (χ0n) is 13.7. The van der Waals surface area contributed by atoms with E-state index in [0.717, 1.165) is 18.8 Å². The van der Waals surface area contributed by atoms with Gasteiger partial charge in [-0.3, -0.25) is 0 Å². The molecule has 1 N–H and O–H groups in total. The van der Waals surface area contributed by atoms with Crippen LogP contribution in [0.1, 0.15) is 63.7 Å². The lowest BCUT2D eigenvalue weighted by molar-refractivity contribution is 0.192. The van der Waals surface area contributed by atoms with E-state index in [2.05, 4.69) is 18.7 Å². The summed E-state index contributed by atoms with van der Waals surface area (Å²) in [6.07, 6.45) is 4.16. The van der Waals surface area contributed by atoms with Crippen molar-refractivity contribution in [1.29, 1.82) is 0 Å². The number of hydrogen-bond donors (Lipinski definition) is 1.